The Bertz CT molecular complexity index is 699. The first kappa shape index (κ1) is 11.4. The van der Waals surface area contributed by atoms with Crippen LogP contribution in [-0.2, 0) is 4.84 Å². The van der Waals surface area contributed by atoms with Gasteiger partial charge in [0.2, 0.25) is 0 Å². The smallest absolute Gasteiger partial charge is 0.269 e. The number of fused-ring (bicyclic) bond motifs is 8. The van der Waals surface area contributed by atoms with Crippen LogP contribution < -0.4 is 0 Å². The molecule has 1 aromatic carbocycles. The molecule has 2 unspecified atom stereocenters. The van der Waals surface area contributed by atoms with E-state index < -0.39 is 4.92 Å². The molecule has 0 saturated heterocycles. The molecule has 6 atom stereocenters. The number of rotatable bonds is 2. The minimum atomic E-state index is -0.392. The van der Waals surface area contributed by atoms with Gasteiger partial charge in [-0.3, -0.25) is 10.1 Å². The number of nitro groups is 1. The third-order valence-corrected chi connectivity index (χ3v) is 5.30. The molecular weight excluding hydrogens is 272 g/mol. The van der Waals surface area contributed by atoms with E-state index in [1.807, 2.05) is 0 Å². The van der Waals surface area contributed by atoms with Crippen LogP contribution in [0.1, 0.15) is 12.0 Å². The number of benzene rings is 1. The lowest BCUT2D eigenvalue weighted by Gasteiger charge is -2.36. The van der Waals surface area contributed by atoms with Crippen molar-refractivity contribution in [3.63, 3.8) is 0 Å². The van der Waals surface area contributed by atoms with Gasteiger partial charge in [-0.1, -0.05) is 5.16 Å². The number of nitro benzene ring substituents is 1. The fraction of sp³-hybridized carbons (Fsp3) is 0.500. The maximum absolute atomic E-state index is 10.7. The molecule has 2 aliphatic heterocycles. The predicted molar refractivity (Wildman–Crippen MR) is 72.0 cm³/mol. The van der Waals surface area contributed by atoms with E-state index in [1.54, 1.807) is 12.1 Å². The standard InChI is InChI=1S/C14H12N4O3/c19-18(20)7-3-1-6(2-4-7)11-10-8-5-9(14(10)21-17-11)13-12(8)15-16-13/h1-4,8-10,12-14H,5H2/t8-,9-,10?,12-,13+,14?/m0/s1. The zero-order valence-corrected chi connectivity index (χ0v) is 11.0. The lowest BCUT2D eigenvalue weighted by Crippen LogP contribution is -2.47. The first-order chi connectivity index (χ1) is 10.2. The summed E-state index contributed by atoms with van der Waals surface area (Å²) < 4.78 is 0. The van der Waals surface area contributed by atoms with Gasteiger partial charge < -0.3 is 4.84 Å². The summed E-state index contributed by atoms with van der Waals surface area (Å²) in [6.07, 6.45) is 1.21. The Balaban J connectivity index is 1.48. The Hall–Kier alpha value is -2.31. The Labute approximate surface area is 119 Å². The van der Waals surface area contributed by atoms with Gasteiger partial charge >= 0.3 is 0 Å². The highest BCUT2D eigenvalue weighted by atomic mass is 16.6. The summed E-state index contributed by atoms with van der Waals surface area (Å²) in [4.78, 5) is 16.0. The van der Waals surface area contributed by atoms with Gasteiger partial charge in [0.1, 0.15) is 12.1 Å². The quantitative estimate of drug-likeness (QED) is 0.615. The van der Waals surface area contributed by atoms with Gasteiger partial charge in [0, 0.05) is 23.6 Å². The van der Waals surface area contributed by atoms with E-state index in [0.29, 0.717) is 23.9 Å². The molecule has 2 aliphatic carbocycles. The van der Waals surface area contributed by atoms with Crippen molar-refractivity contribution in [2.24, 2.45) is 33.1 Å². The molecule has 1 aromatic rings. The van der Waals surface area contributed by atoms with Gasteiger partial charge in [0.25, 0.3) is 5.69 Å². The van der Waals surface area contributed by atoms with E-state index in [9.17, 15) is 10.1 Å². The highest BCUT2D eigenvalue weighted by molar-refractivity contribution is 6.03. The van der Waals surface area contributed by atoms with Crippen LogP contribution in [0.2, 0.25) is 0 Å². The molecule has 7 nitrogen and oxygen atoms in total. The topological polar surface area (TPSA) is 89.5 Å². The zero-order valence-electron chi connectivity index (χ0n) is 11.0. The van der Waals surface area contributed by atoms with Gasteiger partial charge in [0.15, 0.2) is 0 Å². The van der Waals surface area contributed by atoms with E-state index in [2.05, 4.69) is 15.4 Å². The SMILES string of the molecule is O=[N+]([O-])c1ccc(C2=NOC3C2[C@@H]2C[C@H]3[C@H]3N=N[C@H]32)cc1. The van der Waals surface area contributed by atoms with Gasteiger partial charge in [-0.15, -0.1) is 0 Å². The Morgan fingerprint density at radius 2 is 1.86 bits per heavy atom. The molecule has 0 N–H and O–H groups in total. The summed E-state index contributed by atoms with van der Waals surface area (Å²) in [5, 5.41) is 23.5. The first-order valence-electron chi connectivity index (χ1n) is 7.12. The highest BCUT2D eigenvalue weighted by Crippen LogP contribution is 2.58. The zero-order chi connectivity index (χ0) is 14.1. The van der Waals surface area contributed by atoms with Crippen molar-refractivity contribution in [3.8, 4) is 0 Å². The van der Waals surface area contributed by atoms with Crippen LogP contribution in [0.4, 0.5) is 5.69 Å². The summed E-state index contributed by atoms with van der Waals surface area (Å²) >= 11 is 0. The van der Waals surface area contributed by atoms with Crippen molar-refractivity contribution in [1.29, 1.82) is 0 Å². The van der Waals surface area contributed by atoms with Crippen LogP contribution in [0.15, 0.2) is 39.6 Å². The largest absolute Gasteiger partial charge is 0.391 e. The maximum atomic E-state index is 10.7. The molecular formula is C14H12N4O3. The van der Waals surface area contributed by atoms with Crippen LogP contribution >= 0.6 is 0 Å². The monoisotopic (exact) mass is 284 g/mol. The van der Waals surface area contributed by atoms with E-state index in [1.165, 1.54) is 12.1 Å². The molecule has 7 heteroatoms. The van der Waals surface area contributed by atoms with Crippen LogP contribution in [0.5, 0.6) is 0 Å². The Morgan fingerprint density at radius 1 is 1.14 bits per heavy atom. The van der Waals surface area contributed by atoms with E-state index >= 15 is 0 Å². The highest BCUT2D eigenvalue weighted by Gasteiger charge is 2.66. The number of oxime groups is 1. The van der Waals surface area contributed by atoms with Gasteiger partial charge in [0.05, 0.1) is 22.6 Å². The molecule has 2 bridgehead atoms. The first-order valence-corrected chi connectivity index (χ1v) is 7.12. The van der Waals surface area contributed by atoms with E-state index in [-0.39, 0.29) is 17.7 Å². The summed E-state index contributed by atoms with van der Waals surface area (Å²) in [5.74, 6) is 1.15. The van der Waals surface area contributed by atoms with Gasteiger partial charge in [-0.05, 0) is 24.5 Å². The molecule has 0 amide bonds. The summed E-state index contributed by atoms with van der Waals surface area (Å²) in [6, 6.07) is 7.22. The van der Waals surface area contributed by atoms with Crippen LogP contribution in [0.25, 0.3) is 0 Å². The molecule has 21 heavy (non-hydrogen) atoms. The maximum Gasteiger partial charge on any atom is 0.269 e. The van der Waals surface area contributed by atoms with Crippen LogP contribution in [0.3, 0.4) is 0 Å². The molecule has 2 heterocycles. The summed E-state index contributed by atoms with van der Waals surface area (Å²) in [6.45, 7) is 0. The van der Waals surface area contributed by atoms with Crippen molar-refractivity contribution < 1.29 is 9.76 Å². The average molecular weight is 284 g/mol. The molecule has 5 rings (SSSR count). The Morgan fingerprint density at radius 3 is 2.52 bits per heavy atom. The van der Waals surface area contributed by atoms with Gasteiger partial charge in [-0.25, -0.2) is 0 Å². The fourth-order valence-corrected chi connectivity index (χ4v) is 4.37. The number of azo groups is 1. The number of hydrogen-bond acceptors (Lipinski definition) is 6. The normalized spacial score (nSPS) is 41.0. The molecule has 106 valence electrons. The van der Waals surface area contributed by atoms with Crippen molar-refractivity contribution in [2.45, 2.75) is 24.6 Å². The van der Waals surface area contributed by atoms with E-state index in [4.69, 9.17) is 4.84 Å². The van der Waals surface area contributed by atoms with Crippen molar-refractivity contribution >= 4 is 11.4 Å². The van der Waals surface area contributed by atoms with E-state index in [0.717, 1.165) is 17.7 Å². The molecule has 0 aromatic heterocycles. The van der Waals surface area contributed by atoms with Crippen molar-refractivity contribution in [1.82, 2.24) is 0 Å². The third kappa shape index (κ3) is 1.31. The second-order valence-electron chi connectivity index (χ2n) is 6.15. The third-order valence-electron chi connectivity index (χ3n) is 5.30. The molecule has 0 spiro atoms. The minimum Gasteiger partial charge on any atom is -0.391 e. The van der Waals surface area contributed by atoms with Gasteiger partial charge in [-0.2, -0.15) is 10.2 Å². The predicted octanol–water partition coefficient (Wildman–Crippen LogP) is 2.17. The lowest BCUT2D eigenvalue weighted by molar-refractivity contribution is -0.384. The second-order valence-corrected chi connectivity index (χ2v) is 6.15. The van der Waals surface area contributed by atoms with Crippen LogP contribution in [0, 0.1) is 27.9 Å². The average Bonchev–Trinajstić information content (AvgIpc) is 3.06. The van der Waals surface area contributed by atoms with Crippen molar-refractivity contribution in [2.75, 3.05) is 0 Å². The summed E-state index contributed by atoms with van der Waals surface area (Å²) in [7, 11) is 0. The fourth-order valence-electron chi connectivity index (χ4n) is 4.37. The molecule has 2 fully saturated rings. The molecule has 2 saturated carbocycles. The second kappa shape index (κ2) is 3.66. The Kier molecular flexibility index (Phi) is 1.98. The lowest BCUT2D eigenvalue weighted by atomic mass is 9.76. The summed E-state index contributed by atoms with van der Waals surface area (Å²) in [5.41, 5.74) is 1.92. The number of nitrogens with zero attached hydrogens (tertiary/aromatic N) is 4. The van der Waals surface area contributed by atoms with Crippen LogP contribution in [-0.4, -0.2) is 28.8 Å². The minimum absolute atomic E-state index is 0.0932. The van der Waals surface area contributed by atoms with Crippen molar-refractivity contribution in [3.05, 3.63) is 39.9 Å². The number of hydrogen-bond donors (Lipinski definition) is 0. The molecule has 0 radical (unpaired) electrons. The molecule has 4 aliphatic rings. The number of non-ortho nitro benzene ring substituents is 1.